The molecule has 3 heteroatoms. The number of ether oxygens (including phenoxy) is 1. The first-order valence-electron chi connectivity index (χ1n) is 7.24. The van der Waals surface area contributed by atoms with E-state index in [1.807, 2.05) is 12.1 Å². The van der Waals surface area contributed by atoms with Gasteiger partial charge in [0.15, 0.2) is 0 Å². The molecular formula is C17H24N2O. The molecule has 0 radical (unpaired) electrons. The molecule has 1 aromatic rings. The summed E-state index contributed by atoms with van der Waals surface area (Å²) in [7, 11) is 1.72. The molecule has 2 rings (SSSR count). The first kappa shape index (κ1) is 14.9. The molecule has 2 unspecified atom stereocenters. The SMILES string of the molecule is COc1ccc(C#CCN)cc1CN1CC(C)CC1C. The average Bonchev–Trinajstić information content (AvgIpc) is 2.75. The van der Waals surface area contributed by atoms with Crippen molar-refractivity contribution in [3.05, 3.63) is 29.3 Å². The van der Waals surface area contributed by atoms with Crippen molar-refractivity contribution in [3.63, 3.8) is 0 Å². The number of likely N-dealkylation sites (tertiary alicyclic amines) is 1. The minimum Gasteiger partial charge on any atom is -0.496 e. The summed E-state index contributed by atoms with van der Waals surface area (Å²) in [6, 6.07) is 6.74. The summed E-state index contributed by atoms with van der Waals surface area (Å²) in [4.78, 5) is 2.52. The molecule has 108 valence electrons. The maximum Gasteiger partial charge on any atom is 0.123 e. The summed E-state index contributed by atoms with van der Waals surface area (Å²) >= 11 is 0. The van der Waals surface area contributed by atoms with Crippen LogP contribution in [0.5, 0.6) is 5.75 Å². The van der Waals surface area contributed by atoms with E-state index in [0.717, 1.165) is 30.3 Å². The predicted octanol–water partition coefficient (Wildman–Crippen LogP) is 2.24. The number of hydrogen-bond donors (Lipinski definition) is 1. The topological polar surface area (TPSA) is 38.5 Å². The fourth-order valence-electron chi connectivity index (χ4n) is 2.96. The Bertz CT molecular complexity index is 515. The smallest absolute Gasteiger partial charge is 0.123 e. The van der Waals surface area contributed by atoms with Crippen molar-refractivity contribution < 1.29 is 4.74 Å². The highest BCUT2D eigenvalue weighted by molar-refractivity contribution is 5.44. The zero-order valence-electron chi connectivity index (χ0n) is 12.6. The molecule has 0 bridgehead atoms. The second-order valence-corrected chi connectivity index (χ2v) is 5.65. The van der Waals surface area contributed by atoms with Crippen LogP contribution < -0.4 is 10.5 Å². The van der Waals surface area contributed by atoms with E-state index in [9.17, 15) is 0 Å². The van der Waals surface area contributed by atoms with Crippen LogP contribution in [0.25, 0.3) is 0 Å². The van der Waals surface area contributed by atoms with Gasteiger partial charge >= 0.3 is 0 Å². The van der Waals surface area contributed by atoms with Gasteiger partial charge in [0.05, 0.1) is 13.7 Å². The van der Waals surface area contributed by atoms with Crippen molar-refractivity contribution in [2.24, 2.45) is 11.7 Å². The Kier molecular flexibility index (Phi) is 5.05. The molecule has 1 heterocycles. The van der Waals surface area contributed by atoms with E-state index in [1.165, 1.54) is 12.0 Å². The number of methoxy groups -OCH3 is 1. The maximum absolute atomic E-state index is 5.48. The minimum absolute atomic E-state index is 0.391. The van der Waals surface area contributed by atoms with Gasteiger partial charge in [-0.25, -0.2) is 0 Å². The minimum atomic E-state index is 0.391. The molecule has 3 nitrogen and oxygen atoms in total. The molecule has 2 atom stereocenters. The molecule has 0 spiro atoms. The van der Waals surface area contributed by atoms with Crippen LogP contribution in [-0.2, 0) is 6.54 Å². The number of nitrogens with two attached hydrogens (primary N) is 1. The van der Waals surface area contributed by atoms with E-state index in [0.29, 0.717) is 12.6 Å². The third-order valence-corrected chi connectivity index (χ3v) is 3.90. The van der Waals surface area contributed by atoms with Crippen LogP contribution >= 0.6 is 0 Å². The third kappa shape index (κ3) is 3.53. The summed E-state index contributed by atoms with van der Waals surface area (Å²) in [5.41, 5.74) is 7.64. The van der Waals surface area contributed by atoms with Crippen LogP contribution in [0.2, 0.25) is 0 Å². The zero-order chi connectivity index (χ0) is 14.5. The van der Waals surface area contributed by atoms with Crippen molar-refractivity contribution in [2.45, 2.75) is 32.9 Å². The van der Waals surface area contributed by atoms with E-state index in [2.05, 4.69) is 36.7 Å². The summed E-state index contributed by atoms with van der Waals surface area (Å²) in [5.74, 6) is 7.71. The molecule has 1 fully saturated rings. The Labute approximate surface area is 122 Å². The largest absolute Gasteiger partial charge is 0.496 e. The lowest BCUT2D eigenvalue weighted by Crippen LogP contribution is -2.26. The fourth-order valence-corrected chi connectivity index (χ4v) is 2.96. The van der Waals surface area contributed by atoms with Crippen molar-refractivity contribution in [3.8, 4) is 17.6 Å². The highest BCUT2D eigenvalue weighted by Crippen LogP contribution is 2.28. The first-order chi connectivity index (χ1) is 9.63. The first-order valence-corrected chi connectivity index (χ1v) is 7.24. The van der Waals surface area contributed by atoms with E-state index in [-0.39, 0.29) is 0 Å². The molecule has 0 amide bonds. The standard InChI is InChI=1S/C17H24N2O/c1-13-9-14(2)19(11-13)12-16-10-15(5-4-8-18)6-7-17(16)20-3/h6-7,10,13-14H,8-9,11-12,18H2,1-3H3. The number of rotatable bonds is 3. The summed E-state index contributed by atoms with van der Waals surface area (Å²) < 4.78 is 5.48. The van der Waals surface area contributed by atoms with Crippen LogP contribution in [0, 0.1) is 17.8 Å². The van der Waals surface area contributed by atoms with E-state index < -0.39 is 0 Å². The van der Waals surface area contributed by atoms with Gasteiger partial charge in [0.1, 0.15) is 5.75 Å². The van der Waals surface area contributed by atoms with Crippen molar-refractivity contribution >= 4 is 0 Å². The van der Waals surface area contributed by atoms with Gasteiger partial charge in [-0.2, -0.15) is 0 Å². The normalized spacial score (nSPS) is 22.4. The molecule has 0 aromatic heterocycles. The number of nitrogens with zero attached hydrogens (tertiary/aromatic N) is 1. The zero-order valence-corrected chi connectivity index (χ0v) is 12.6. The van der Waals surface area contributed by atoms with Crippen LogP contribution in [0.1, 0.15) is 31.4 Å². The number of benzene rings is 1. The van der Waals surface area contributed by atoms with Gasteiger partial charge in [0, 0.05) is 30.3 Å². The van der Waals surface area contributed by atoms with Crippen LogP contribution in [0.3, 0.4) is 0 Å². The Morgan fingerprint density at radius 3 is 2.80 bits per heavy atom. The van der Waals surface area contributed by atoms with Gasteiger partial charge in [-0.05, 0) is 37.5 Å². The summed E-state index contributed by atoms with van der Waals surface area (Å²) in [6.07, 6.45) is 1.27. The molecule has 20 heavy (non-hydrogen) atoms. The molecule has 1 aromatic carbocycles. The quantitative estimate of drug-likeness (QED) is 0.858. The highest BCUT2D eigenvalue weighted by Gasteiger charge is 2.26. The van der Waals surface area contributed by atoms with Crippen LogP contribution in [0.4, 0.5) is 0 Å². The second kappa shape index (κ2) is 6.78. The Balaban J connectivity index is 2.20. The Morgan fingerprint density at radius 2 is 2.20 bits per heavy atom. The van der Waals surface area contributed by atoms with Gasteiger partial charge in [0.2, 0.25) is 0 Å². The average molecular weight is 272 g/mol. The van der Waals surface area contributed by atoms with Gasteiger partial charge in [-0.1, -0.05) is 18.8 Å². The molecule has 2 N–H and O–H groups in total. The van der Waals surface area contributed by atoms with Crippen LogP contribution in [0.15, 0.2) is 18.2 Å². The van der Waals surface area contributed by atoms with Gasteiger partial charge in [-0.3, -0.25) is 4.90 Å². The number of hydrogen-bond acceptors (Lipinski definition) is 3. The van der Waals surface area contributed by atoms with E-state index in [4.69, 9.17) is 10.5 Å². The van der Waals surface area contributed by atoms with Gasteiger partial charge in [0.25, 0.3) is 0 Å². The second-order valence-electron chi connectivity index (χ2n) is 5.65. The third-order valence-electron chi connectivity index (χ3n) is 3.90. The lowest BCUT2D eigenvalue weighted by molar-refractivity contribution is 0.252. The molecular weight excluding hydrogens is 248 g/mol. The van der Waals surface area contributed by atoms with Crippen LogP contribution in [-0.4, -0.2) is 31.1 Å². The molecule has 1 aliphatic heterocycles. The predicted molar refractivity (Wildman–Crippen MR) is 82.6 cm³/mol. The highest BCUT2D eigenvalue weighted by atomic mass is 16.5. The maximum atomic E-state index is 5.48. The Morgan fingerprint density at radius 1 is 1.40 bits per heavy atom. The lowest BCUT2D eigenvalue weighted by atomic mass is 10.1. The van der Waals surface area contributed by atoms with Crippen molar-refractivity contribution in [2.75, 3.05) is 20.2 Å². The fraction of sp³-hybridized carbons (Fsp3) is 0.529. The summed E-state index contributed by atoms with van der Waals surface area (Å²) in [6.45, 7) is 7.09. The van der Waals surface area contributed by atoms with E-state index in [1.54, 1.807) is 7.11 Å². The van der Waals surface area contributed by atoms with Crippen molar-refractivity contribution in [1.29, 1.82) is 0 Å². The van der Waals surface area contributed by atoms with Gasteiger partial charge < -0.3 is 10.5 Å². The summed E-state index contributed by atoms with van der Waals surface area (Å²) in [5, 5.41) is 0. The Hall–Kier alpha value is -1.50. The molecule has 0 saturated carbocycles. The molecule has 1 aliphatic rings. The molecule has 0 aliphatic carbocycles. The van der Waals surface area contributed by atoms with Gasteiger partial charge in [-0.15, -0.1) is 0 Å². The van der Waals surface area contributed by atoms with E-state index >= 15 is 0 Å². The molecule has 1 saturated heterocycles. The van der Waals surface area contributed by atoms with Crippen molar-refractivity contribution in [1.82, 2.24) is 4.90 Å². The monoisotopic (exact) mass is 272 g/mol. The lowest BCUT2D eigenvalue weighted by Gasteiger charge is -2.22.